The summed E-state index contributed by atoms with van der Waals surface area (Å²) in [6, 6.07) is 6.68. The van der Waals surface area contributed by atoms with E-state index in [1.54, 1.807) is 4.90 Å². The molecule has 102 valence electrons. The zero-order valence-corrected chi connectivity index (χ0v) is 11.2. The normalized spacial score (nSPS) is 16.4. The van der Waals surface area contributed by atoms with E-state index in [2.05, 4.69) is 0 Å². The van der Waals surface area contributed by atoms with Crippen molar-refractivity contribution in [1.82, 2.24) is 4.90 Å². The highest BCUT2D eigenvalue weighted by Crippen LogP contribution is 2.29. The molecule has 0 saturated carbocycles. The molecule has 1 fully saturated rings. The van der Waals surface area contributed by atoms with E-state index in [9.17, 15) is 14.9 Å². The molecule has 0 unspecified atom stereocenters. The number of alkyl halides is 1. The van der Waals surface area contributed by atoms with Gasteiger partial charge in [0.2, 0.25) is 5.91 Å². The average molecular weight is 283 g/mol. The maximum absolute atomic E-state index is 11.4. The third-order valence-corrected chi connectivity index (χ3v) is 3.77. The number of nitro benzene ring substituents is 1. The molecule has 0 bridgehead atoms. The van der Waals surface area contributed by atoms with E-state index < -0.39 is 4.92 Å². The molecule has 0 atom stereocenters. The number of amides is 1. The number of nitrogens with zero attached hydrogens (tertiary/aromatic N) is 2. The molecule has 0 N–H and O–H groups in total. The molecule has 0 spiro atoms. The van der Waals surface area contributed by atoms with Gasteiger partial charge in [0.1, 0.15) is 5.88 Å². The van der Waals surface area contributed by atoms with Gasteiger partial charge in [0.25, 0.3) is 5.69 Å². The minimum atomic E-state index is -0.397. The van der Waals surface area contributed by atoms with Crippen LogP contribution >= 0.6 is 11.6 Å². The molecule has 5 nitrogen and oxygen atoms in total. The fourth-order valence-electron chi connectivity index (χ4n) is 2.41. The number of rotatable bonds is 3. The molecule has 0 radical (unpaired) electrons. The van der Waals surface area contributed by atoms with Crippen LogP contribution in [0.5, 0.6) is 0 Å². The van der Waals surface area contributed by atoms with Crippen molar-refractivity contribution in [2.45, 2.75) is 18.8 Å². The van der Waals surface area contributed by atoms with E-state index in [1.165, 1.54) is 12.1 Å². The number of piperidine rings is 1. The smallest absolute Gasteiger partial charge is 0.269 e. The second-order valence-corrected chi connectivity index (χ2v) is 4.90. The predicted octanol–water partition coefficient (Wildman–Crippen LogP) is 2.54. The summed E-state index contributed by atoms with van der Waals surface area (Å²) in [5.41, 5.74) is 1.21. The number of benzene rings is 1. The number of likely N-dealkylation sites (tertiary alicyclic amines) is 1. The van der Waals surface area contributed by atoms with Gasteiger partial charge in [-0.25, -0.2) is 0 Å². The molecule has 1 saturated heterocycles. The Bertz CT molecular complexity index is 467. The first kappa shape index (κ1) is 13.8. The zero-order chi connectivity index (χ0) is 13.8. The largest absolute Gasteiger partial charge is 0.342 e. The van der Waals surface area contributed by atoms with Crippen molar-refractivity contribution in [2.24, 2.45) is 0 Å². The lowest BCUT2D eigenvalue weighted by molar-refractivity contribution is -0.384. The minimum absolute atomic E-state index is 0.0242. The molecular weight excluding hydrogens is 268 g/mol. The highest BCUT2D eigenvalue weighted by molar-refractivity contribution is 6.27. The molecular formula is C13H15ClN2O3. The molecule has 0 aromatic heterocycles. The molecule has 19 heavy (non-hydrogen) atoms. The van der Waals surface area contributed by atoms with Crippen molar-refractivity contribution < 1.29 is 9.72 Å². The monoisotopic (exact) mass is 282 g/mol. The third-order valence-electron chi connectivity index (χ3n) is 3.54. The number of non-ortho nitro benzene ring substituents is 1. The average Bonchev–Trinajstić information content (AvgIpc) is 2.46. The highest BCUT2D eigenvalue weighted by Gasteiger charge is 2.23. The van der Waals surface area contributed by atoms with Crippen LogP contribution in [0.1, 0.15) is 24.3 Å². The minimum Gasteiger partial charge on any atom is -0.342 e. The van der Waals surface area contributed by atoms with Crippen LogP contribution in [0.25, 0.3) is 0 Å². The zero-order valence-electron chi connectivity index (χ0n) is 10.4. The van der Waals surface area contributed by atoms with Gasteiger partial charge in [-0.15, -0.1) is 11.6 Å². The molecule has 2 rings (SSSR count). The summed E-state index contributed by atoms with van der Waals surface area (Å²) in [6.07, 6.45) is 1.75. The second-order valence-electron chi connectivity index (χ2n) is 4.64. The Kier molecular flexibility index (Phi) is 4.37. The van der Waals surface area contributed by atoms with Gasteiger partial charge in [-0.2, -0.15) is 0 Å². The molecule has 1 aliphatic rings. The van der Waals surface area contributed by atoms with E-state index >= 15 is 0 Å². The molecule has 1 heterocycles. The van der Waals surface area contributed by atoms with Gasteiger partial charge >= 0.3 is 0 Å². The number of carbonyl (C=O) groups excluding carboxylic acids is 1. The van der Waals surface area contributed by atoms with Gasteiger partial charge in [-0.1, -0.05) is 12.1 Å². The highest BCUT2D eigenvalue weighted by atomic mass is 35.5. The second kappa shape index (κ2) is 6.02. The van der Waals surface area contributed by atoms with Crippen LogP contribution < -0.4 is 0 Å². The van der Waals surface area contributed by atoms with Gasteiger partial charge in [-0.05, 0) is 24.3 Å². The van der Waals surface area contributed by atoms with Crippen molar-refractivity contribution in [3.05, 3.63) is 39.9 Å². The van der Waals surface area contributed by atoms with Gasteiger partial charge in [0, 0.05) is 25.2 Å². The topological polar surface area (TPSA) is 63.5 Å². The van der Waals surface area contributed by atoms with E-state index in [4.69, 9.17) is 11.6 Å². The Morgan fingerprint density at radius 2 is 1.89 bits per heavy atom. The van der Waals surface area contributed by atoms with Crippen molar-refractivity contribution in [3.63, 3.8) is 0 Å². The van der Waals surface area contributed by atoms with E-state index in [0.29, 0.717) is 19.0 Å². The SMILES string of the molecule is O=C(CCl)N1CCC(c2ccc([N+](=O)[O-])cc2)CC1. The van der Waals surface area contributed by atoms with E-state index in [-0.39, 0.29) is 17.5 Å². The third kappa shape index (κ3) is 3.23. The lowest BCUT2D eigenvalue weighted by Gasteiger charge is -2.31. The Hall–Kier alpha value is -1.62. The summed E-state index contributed by atoms with van der Waals surface area (Å²) in [5, 5.41) is 10.6. The van der Waals surface area contributed by atoms with Crippen LogP contribution in [-0.2, 0) is 4.79 Å². The number of carbonyl (C=O) groups is 1. The summed E-state index contributed by atoms with van der Waals surface area (Å²) in [5.74, 6) is 0.367. The Morgan fingerprint density at radius 3 is 2.37 bits per heavy atom. The molecule has 1 aromatic rings. The summed E-state index contributed by atoms with van der Waals surface area (Å²) < 4.78 is 0. The van der Waals surface area contributed by atoms with Crippen LogP contribution in [0, 0.1) is 10.1 Å². The van der Waals surface area contributed by atoms with Gasteiger partial charge in [0.05, 0.1) is 4.92 Å². The number of halogens is 1. The van der Waals surface area contributed by atoms with Gasteiger partial charge in [0.15, 0.2) is 0 Å². The first-order chi connectivity index (χ1) is 9.11. The summed E-state index contributed by atoms with van der Waals surface area (Å²) in [7, 11) is 0. The van der Waals surface area contributed by atoms with Crippen LogP contribution in [-0.4, -0.2) is 34.7 Å². The summed E-state index contributed by atoms with van der Waals surface area (Å²) >= 11 is 5.53. The number of hydrogen-bond acceptors (Lipinski definition) is 3. The van der Waals surface area contributed by atoms with Crippen molar-refractivity contribution >= 4 is 23.2 Å². The molecule has 1 amide bonds. The quantitative estimate of drug-likeness (QED) is 0.486. The lowest BCUT2D eigenvalue weighted by atomic mass is 9.89. The maximum Gasteiger partial charge on any atom is 0.269 e. The summed E-state index contributed by atoms with van der Waals surface area (Å²) in [6.45, 7) is 1.40. The molecule has 0 aliphatic carbocycles. The number of hydrogen-bond donors (Lipinski definition) is 0. The fraction of sp³-hybridized carbons (Fsp3) is 0.462. The Labute approximate surface area is 116 Å². The lowest BCUT2D eigenvalue weighted by Crippen LogP contribution is -2.38. The van der Waals surface area contributed by atoms with E-state index in [1.807, 2.05) is 12.1 Å². The number of nitro groups is 1. The van der Waals surface area contributed by atoms with Crippen molar-refractivity contribution in [1.29, 1.82) is 0 Å². The summed E-state index contributed by atoms with van der Waals surface area (Å²) in [4.78, 5) is 23.4. The maximum atomic E-state index is 11.4. The molecule has 1 aliphatic heterocycles. The van der Waals surface area contributed by atoms with E-state index in [0.717, 1.165) is 18.4 Å². The van der Waals surface area contributed by atoms with Gasteiger partial charge < -0.3 is 4.90 Å². The Morgan fingerprint density at radius 1 is 1.32 bits per heavy atom. The fourth-order valence-corrected chi connectivity index (χ4v) is 2.58. The van der Waals surface area contributed by atoms with Crippen LogP contribution in [0.15, 0.2) is 24.3 Å². The van der Waals surface area contributed by atoms with Crippen LogP contribution in [0.3, 0.4) is 0 Å². The Balaban J connectivity index is 1.97. The van der Waals surface area contributed by atoms with Crippen molar-refractivity contribution in [2.75, 3.05) is 19.0 Å². The van der Waals surface area contributed by atoms with Crippen molar-refractivity contribution in [3.8, 4) is 0 Å². The van der Waals surface area contributed by atoms with Crippen LogP contribution in [0.2, 0.25) is 0 Å². The van der Waals surface area contributed by atoms with Gasteiger partial charge in [-0.3, -0.25) is 14.9 Å². The predicted molar refractivity (Wildman–Crippen MR) is 72.4 cm³/mol. The first-order valence-electron chi connectivity index (χ1n) is 6.20. The molecule has 6 heteroatoms. The van der Waals surface area contributed by atoms with Crippen LogP contribution in [0.4, 0.5) is 5.69 Å². The molecule has 1 aromatic carbocycles. The standard InChI is InChI=1S/C13H15ClN2O3/c14-9-13(17)15-7-5-11(6-8-15)10-1-3-12(4-2-10)16(18)19/h1-4,11H,5-9H2. The first-order valence-corrected chi connectivity index (χ1v) is 6.73.